The molecule has 80 valence electrons. The van der Waals surface area contributed by atoms with Crippen molar-refractivity contribution in [1.82, 2.24) is 0 Å². The van der Waals surface area contributed by atoms with Crippen LogP contribution in [-0.2, 0) is 9.47 Å². The van der Waals surface area contributed by atoms with E-state index in [0.717, 1.165) is 0 Å². The average Bonchev–Trinajstić information content (AvgIpc) is 2.03. The predicted molar refractivity (Wildman–Crippen MR) is 55.6 cm³/mol. The summed E-state index contributed by atoms with van der Waals surface area (Å²) in [6, 6.07) is 0. The van der Waals surface area contributed by atoms with E-state index in [1.54, 1.807) is 0 Å². The van der Waals surface area contributed by atoms with Crippen molar-refractivity contribution in [3.63, 3.8) is 0 Å². The van der Waals surface area contributed by atoms with Gasteiger partial charge >= 0.3 is 0 Å². The van der Waals surface area contributed by atoms with Crippen LogP contribution < -0.4 is 0 Å². The van der Waals surface area contributed by atoms with Gasteiger partial charge in [-0.25, -0.2) is 0 Å². The van der Waals surface area contributed by atoms with Crippen LogP contribution in [0.5, 0.6) is 0 Å². The maximum atomic E-state index is 5.50. The molecule has 2 atom stereocenters. The zero-order chi connectivity index (χ0) is 10.4. The minimum Gasteiger partial charge on any atom is -0.352 e. The first-order chi connectivity index (χ1) is 5.95. The molecule has 2 unspecified atom stereocenters. The lowest BCUT2D eigenvalue weighted by molar-refractivity contribution is -0.128. The quantitative estimate of drug-likeness (QED) is 0.596. The van der Waals surface area contributed by atoms with Crippen LogP contribution in [0.15, 0.2) is 0 Å². The van der Waals surface area contributed by atoms with Crippen LogP contribution in [0.1, 0.15) is 41.5 Å². The van der Waals surface area contributed by atoms with Gasteiger partial charge < -0.3 is 9.47 Å². The summed E-state index contributed by atoms with van der Waals surface area (Å²) in [6.07, 6.45) is 0.554. The molecule has 0 amide bonds. The molecule has 0 saturated heterocycles. The molecule has 0 radical (unpaired) electrons. The third-order valence-electron chi connectivity index (χ3n) is 2.54. The molecule has 0 fully saturated rings. The van der Waals surface area contributed by atoms with E-state index < -0.39 is 0 Å². The molecule has 0 bridgehead atoms. The SMILES string of the molecule is CC(C)C(C)OCOC(C)C(C)C. The normalized spacial score (nSPS) is 16.6. The van der Waals surface area contributed by atoms with Gasteiger partial charge in [-0.05, 0) is 25.7 Å². The summed E-state index contributed by atoms with van der Waals surface area (Å²) in [6.45, 7) is 13.2. The van der Waals surface area contributed by atoms with Gasteiger partial charge in [0.1, 0.15) is 6.79 Å². The molecule has 0 aromatic rings. The van der Waals surface area contributed by atoms with E-state index in [2.05, 4.69) is 41.5 Å². The van der Waals surface area contributed by atoms with Crippen LogP contribution in [0.25, 0.3) is 0 Å². The van der Waals surface area contributed by atoms with Gasteiger partial charge in [0.05, 0.1) is 12.2 Å². The van der Waals surface area contributed by atoms with Gasteiger partial charge in [0.25, 0.3) is 0 Å². The molecule has 0 aliphatic rings. The molecule has 0 aliphatic heterocycles. The van der Waals surface area contributed by atoms with Gasteiger partial charge in [0.2, 0.25) is 0 Å². The Morgan fingerprint density at radius 1 is 0.692 bits per heavy atom. The van der Waals surface area contributed by atoms with Gasteiger partial charge in [-0.3, -0.25) is 0 Å². The number of ether oxygens (including phenoxy) is 2. The summed E-state index contributed by atoms with van der Waals surface area (Å²) in [5.74, 6) is 1.11. The maximum Gasteiger partial charge on any atom is 0.147 e. The molecule has 0 aromatic heterocycles. The summed E-state index contributed by atoms with van der Waals surface area (Å²) in [4.78, 5) is 0. The Labute approximate surface area is 82.6 Å². The molecule has 0 N–H and O–H groups in total. The Balaban J connectivity index is 3.45. The van der Waals surface area contributed by atoms with Gasteiger partial charge in [-0.15, -0.1) is 0 Å². The van der Waals surface area contributed by atoms with Crippen LogP contribution in [0.2, 0.25) is 0 Å². The predicted octanol–water partition coefficient (Wildman–Crippen LogP) is 3.07. The topological polar surface area (TPSA) is 18.5 Å². The van der Waals surface area contributed by atoms with E-state index >= 15 is 0 Å². The minimum atomic E-state index is 0.277. The highest BCUT2D eigenvalue weighted by Gasteiger charge is 2.10. The Morgan fingerprint density at radius 2 is 1.00 bits per heavy atom. The fourth-order valence-electron chi connectivity index (χ4n) is 0.639. The molecule has 0 rings (SSSR count). The molecule has 0 spiro atoms. The van der Waals surface area contributed by atoms with E-state index in [9.17, 15) is 0 Å². The van der Waals surface area contributed by atoms with E-state index in [0.29, 0.717) is 18.6 Å². The van der Waals surface area contributed by atoms with Crippen molar-refractivity contribution in [2.24, 2.45) is 11.8 Å². The van der Waals surface area contributed by atoms with Gasteiger partial charge in [0, 0.05) is 0 Å². The standard InChI is InChI=1S/C11H24O2/c1-8(2)10(5)12-7-13-11(6)9(3)4/h8-11H,7H2,1-6H3. The van der Waals surface area contributed by atoms with Crippen molar-refractivity contribution in [3.8, 4) is 0 Å². The third-order valence-corrected chi connectivity index (χ3v) is 2.54. The molecular formula is C11H24O2. The van der Waals surface area contributed by atoms with E-state index in [1.165, 1.54) is 0 Å². The summed E-state index contributed by atoms with van der Waals surface area (Å²) < 4.78 is 11.0. The van der Waals surface area contributed by atoms with Gasteiger partial charge in [-0.2, -0.15) is 0 Å². The monoisotopic (exact) mass is 188 g/mol. The number of rotatable bonds is 6. The molecule has 0 saturated carbocycles. The second-order valence-corrected chi connectivity index (χ2v) is 4.35. The molecule has 0 heterocycles. The molecular weight excluding hydrogens is 164 g/mol. The van der Waals surface area contributed by atoms with Crippen LogP contribution in [0, 0.1) is 11.8 Å². The third kappa shape index (κ3) is 6.05. The van der Waals surface area contributed by atoms with Crippen molar-refractivity contribution < 1.29 is 9.47 Å². The molecule has 0 aromatic carbocycles. The lowest BCUT2D eigenvalue weighted by Gasteiger charge is -2.20. The van der Waals surface area contributed by atoms with Crippen LogP contribution >= 0.6 is 0 Å². The first kappa shape index (κ1) is 12.9. The maximum absolute atomic E-state index is 5.50. The highest BCUT2D eigenvalue weighted by atomic mass is 16.7. The lowest BCUT2D eigenvalue weighted by atomic mass is 10.1. The highest BCUT2D eigenvalue weighted by Crippen LogP contribution is 2.08. The zero-order valence-corrected chi connectivity index (χ0v) is 9.83. The Kier molecular flexibility index (Phi) is 6.35. The average molecular weight is 188 g/mol. The Morgan fingerprint density at radius 3 is 1.23 bits per heavy atom. The summed E-state index contributed by atoms with van der Waals surface area (Å²) in [7, 11) is 0. The lowest BCUT2D eigenvalue weighted by Crippen LogP contribution is -2.22. The first-order valence-electron chi connectivity index (χ1n) is 5.18. The van der Waals surface area contributed by atoms with Crippen LogP contribution in [0.3, 0.4) is 0 Å². The van der Waals surface area contributed by atoms with Gasteiger partial charge in [-0.1, -0.05) is 27.7 Å². The van der Waals surface area contributed by atoms with Crippen LogP contribution in [-0.4, -0.2) is 19.0 Å². The molecule has 2 nitrogen and oxygen atoms in total. The highest BCUT2D eigenvalue weighted by molar-refractivity contribution is 4.55. The van der Waals surface area contributed by atoms with Crippen molar-refractivity contribution in [2.45, 2.75) is 53.8 Å². The summed E-state index contributed by atoms with van der Waals surface area (Å²) in [5.41, 5.74) is 0. The second-order valence-electron chi connectivity index (χ2n) is 4.35. The fraction of sp³-hybridized carbons (Fsp3) is 1.00. The van der Waals surface area contributed by atoms with Crippen molar-refractivity contribution >= 4 is 0 Å². The first-order valence-corrected chi connectivity index (χ1v) is 5.18. The van der Waals surface area contributed by atoms with Gasteiger partial charge in [0.15, 0.2) is 0 Å². The van der Waals surface area contributed by atoms with Crippen molar-refractivity contribution in [2.75, 3.05) is 6.79 Å². The molecule has 0 aliphatic carbocycles. The largest absolute Gasteiger partial charge is 0.352 e. The smallest absolute Gasteiger partial charge is 0.147 e. The number of hydrogen-bond acceptors (Lipinski definition) is 2. The molecule has 2 heteroatoms. The summed E-state index contributed by atoms with van der Waals surface area (Å²) in [5, 5.41) is 0. The fourth-order valence-corrected chi connectivity index (χ4v) is 0.639. The Bertz CT molecular complexity index is 107. The zero-order valence-electron chi connectivity index (χ0n) is 9.83. The minimum absolute atomic E-state index is 0.277. The Hall–Kier alpha value is -0.0800. The second kappa shape index (κ2) is 6.39. The van der Waals surface area contributed by atoms with E-state index in [1.807, 2.05) is 0 Å². The van der Waals surface area contributed by atoms with Crippen LogP contribution in [0.4, 0.5) is 0 Å². The molecule has 13 heavy (non-hydrogen) atoms. The van der Waals surface area contributed by atoms with E-state index in [4.69, 9.17) is 9.47 Å². The van der Waals surface area contributed by atoms with Crippen molar-refractivity contribution in [3.05, 3.63) is 0 Å². The number of hydrogen-bond donors (Lipinski definition) is 0. The van der Waals surface area contributed by atoms with Crippen molar-refractivity contribution in [1.29, 1.82) is 0 Å². The summed E-state index contributed by atoms with van der Waals surface area (Å²) >= 11 is 0. The van der Waals surface area contributed by atoms with E-state index in [-0.39, 0.29) is 12.2 Å².